The number of fused-ring (bicyclic) bond motifs is 2. The van der Waals surface area contributed by atoms with Gasteiger partial charge in [0, 0.05) is 16.8 Å². The molecule has 2 aromatic carbocycles. The number of aromatic nitrogens is 3. The van der Waals surface area contributed by atoms with E-state index < -0.39 is 6.04 Å². The number of nitrogens with zero attached hydrogens (tertiary/aromatic N) is 3. The molecule has 0 saturated heterocycles. The molecule has 0 bridgehead atoms. The Balaban J connectivity index is 1.47. The van der Waals surface area contributed by atoms with E-state index in [0.29, 0.717) is 36.5 Å². The maximum absolute atomic E-state index is 13.5. The second-order valence-electron chi connectivity index (χ2n) is 9.08. The average molecular weight is 487 g/mol. The van der Waals surface area contributed by atoms with Gasteiger partial charge in [0.15, 0.2) is 11.5 Å². The maximum Gasteiger partial charge on any atom is 0.281 e. The quantitative estimate of drug-likeness (QED) is 0.436. The Morgan fingerprint density at radius 2 is 1.78 bits per heavy atom. The third-order valence-electron chi connectivity index (χ3n) is 6.88. The molecular weight excluding hydrogens is 456 g/mol. The maximum atomic E-state index is 13.5. The van der Waals surface area contributed by atoms with Crippen LogP contribution in [0.25, 0.3) is 16.5 Å². The van der Waals surface area contributed by atoms with Crippen LogP contribution in [0, 0.1) is 13.8 Å². The van der Waals surface area contributed by atoms with Gasteiger partial charge in [0.1, 0.15) is 19.3 Å². The Morgan fingerprint density at radius 1 is 1.06 bits per heavy atom. The lowest BCUT2D eigenvalue weighted by Gasteiger charge is -2.24. The molecule has 186 valence electrons. The Kier molecular flexibility index (Phi) is 6.26. The van der Waals surface area contributed by atoms with E-state index in [1.165, 1.54) is 4.68 Å². The standard InChI is InChI=1S/C28H30N4O4/c1-5-23(27(33)30-17(2)20-11-12-24-25(15-20)36-14-13-35-24)31-18(3)22-16-29-32(21-9-7-6-8-10-21)28(34)26(22)19(31)4/h6-12,15-17,23H,5,13-14H2,1-4H3,(H,30,33)/t17-,23+/m0/s1. The number of hydrogen-bond donors (Lipinski definition) is 1. The second-order valence-corrected chi connectivity index (χ2v) is 9.08. The van der Waals surface area contributed by atoms with Gasteiger partial charge in [-0.3, -0.25) is 9.59 Å². The number of nitrogens with one attached hydrogen (secondary N) is 1. The molecule has 8 nitrogen and oxygen atoms in total. The van der Waals surface area contributed by atoms with Crippen LogP contribution >= 0.6 is 0 Å². The van der Waals surface area contributed by atoms with Gasteiger partial charge in [-0.1, -0.05) is 31.2 Å². The molecule has 0 fully saturated rings. The fraction of sp³-hybridized carbons (Fsp3) is 0.321. The number of rotatable bonds is 6. The van der Waals surface area contributed by atoms with Crippen molar-refractivity contribution in [3.63, 3.8) is 0 Å². The zero-order valence-corrected chi connectivity index (χ0v) is 20.9. The molecule has 36 heavy (non-hydrogen) atoms. The molecular formula is C28H30N4O4. The molecule has 0 spiro atoms. The first-order valence-corrected chi connectivity index (χ1v) is 12.3. The predicted molar refractivity (Wildman–Crippen MR) is 138 cm³/mol. The molecule has 5 rings (SSSR count). The van der Waals surface area contributed by atoms with Crippen LogP contribution in [0.1, 0.15) is 49.3 Å². The largest absolute Gasteiger partial charge is 0.486 e. The van der Waals surface area contributed by atoms with Crippen LogP contribution in [-0.2, 0) is 4.79 Å². The monoisotopic (exact) mass is 486 g/mol. The number of carbonyl (C=O) groups is 1. The number of benzene rings is 2. The minimum Gasteiger partial charge on any atom is -0.486 e. The third kappa shape index (κ3) is 4.02. The van der Waals surface area contributed by atoms with Crippen molar-refractivity contribution in [1.29, 1.82) is 0 Å². The fourth-order valence-electron chi connectivity index (χ4n) is 5.01. The molecule has 0 unspecified atom stereocenters. The first-order chi connectivity index (χ1) is 17.4. The van der Waals surface area contributed by atoms with Crippen molar-refractivity contribution in [2.75, 3.05) is 13.2 Å². The molecule has 0 aliphatic carbocycles. The van der Waals surface area contributed by atoms with Crippen molar-refractivity contribution in [1.82, 2.24) is 19.7 Å². The highest BCUT2D eigenvalue weighted by Gasteiger charge is 2.27. The zero-order chi connectivity index (χ0) is 25.4. The molecule has 8 heteroatoms. The van der Waals surface area contributed by atoms with Crippen molar-refractivity contribution in [2.24, 2.45) is 0 Å². The SMILES string of the molecule is CC[C@H](C(=O)N[C@@H](C)c1ccc2c(c1)OCCO2)n1c(C)c2cnn(-c3ccccc3)c(=O)c2c1C. The summed E-state index contributed by atoms with van der Waals surface area (Å²) in [5, 5.41) is 8.90. The van der Waals surface area contributed by atoms with E-state index in [0.717, 1.165) is 28.1 Å². The van der Waals surface area contributed by atoms with Gasteiger partial charge < -0.3 is 19.4 Å². The van der Waals surface area contributed by atoms with Crippen LogP contribution in [0.15, 0.2) is 59.5 Å². The Bertz CT molecular complexity index is 1490. The summed E-state index contributed by atoms with van der Waals surface area (Å²) in [4.78, 5) is 27.0. The van der Waals surface area contributed by atoms with Crippen LogP contribution in [-0.4, -0.2) is 33.5 Å². The summed E-state index contributed by atoms with van der Waals surface area (Å²) in [7, 11) is 0. The Hall–Kier alpha value is -4.07. The van der Waals surface area contributed by atoms with Crippen LogP contribution in [0.5, 0.6) is 11.5 Å². The molecule has 2 atom stereocenters. The highest BCUT2D eigenvalue weighted by molar-refractivity contribution is 5.89. The van der Waals surface area contributed by atoms with Crippen LogP contribution < -0.4 is 20.3 Å². The van der Waals surface area contributed by atoms with Crippen molar-refractivity contribution < 1.29 is 14.3 Å². The Labute approximate surface area is 209 Å². The van der Waals surface area contributed by atoms with Crippen LogP contribution in [0.2, 0.25) is 0 Å². The first kappa shape index (κ1) is 23.7. The highest BCUT2D eigenvalue weighted by Crippen LogP contribution is 2.33. The van der Waals surface area contributed by atoms with Gasteiger partial charge in [0.2, 0.25) is 5.91 Å². The summed E-state index contributed by atoms with van der Waals surface area (Å²) in [5.41, 5.74) is 3.04. The smallest absolute Gasteiger partial charge is 0.281 e. The van der Waals surface area contributed by atoms with Gasteiger partial charge in [-0.25, -0.2) is 0 Å². The number of para-hydroxylation sites is 1. The molecule has 1 aliphatic heterocycles. The molecule has 1 aliphatic rings. The molecule has 0 saturated carbocycles. The van der Waals surface area contributed by atoms with E-state index in [4.69, 9.17) is 9.47 Å². The topological polar surface area (TPSA) is 87.4 Å². The molecule has 1 amide bonds. The van der Waals surface area contributed by atoms with E-state index >= 15 is 0 Å². The van der Waals surface area contributed by atoms with E-state index in [1.54, 1.807) is 6.20 Å². The van der Waals surface area contributed by atoms with Crippen molar-refractivity contribution in [2.45, 2.75) is 46.2 Å². The van der Waals surface area contributed by atoms with Crippen molar-refractivity contribution >= 4 is 16.7 Å². The number of aryl methyl sites for hydroxylation is 2. The van der Waals surface area contributed by atoms with Gasteiger partial charge in [0.25, 0.3) is 5.56 Å². The zero-order valence-electron chi connectivity index (χ0n) is 20.9. The third-order valence-corrected chi connectivity index (χ3v) is 6.88. The Morgan fingerprint density at radius 3 is 2.50 bits per heavy atom. The van der Waals surface area contributed by atoms with Crippen LogP contribution in [0.4, 0.5) is 0 Å². The van der Waals surface area contributed by atoms with Gasteiger partial charge in [-0.2, -0.15) is 9.78 Å². The summed E-state index contributed by atoms with van der Waals surface area (Å²) in [6.45, 7) is 8.80. The molecule has 2 aromatic heterocycles. The van der Waals surface area contributed by atoms with Gasteiger partial charge in [0.05, 0.1) is 23.3 Å². The normalized spacial score (nSPS) is 14.4. The fourth-order valence-corrected chi connectivity index (χ4v) is 5.01. The van der Waals surface area contributed by atoms with Crippen molar-refractivity contribution in [3.8, 4) is 17.2 Å². The first-order valence-electron chi connectivity index (χ1n) is 12.3. The molecule has 1 N–H and O–H groups in total. The molecule has 3 heterocycles. The van der Waals surface area contributed by atoms with E-state index in [1.807, 2.05) is 80.8 Å². The van der Waals surface area contributed by atoms with E-state index in [2.05, 4.69) is 10.4 Å². The summed E-state index contributed by atoms with van der Waals surface area (Å²) in [5.74, 6) is 1.30. The summed E-state index contributed by atoms with van der Waals surface area (Å²) in [6, 6.07) is 14.4. The van der Waals surface area contributed by atoms with E-state index in [9.17, 15) is 9.59 Å². The van der Waals surface area contributed by atoms with Gasteiger partial charge >= 0.3 is 0 Å². The average Bonchev–Trinajstić information content (AvgIpc) is 3.15. The number of hydrogen-bond acceptors (Lipinski definition) is 5. The molecule has 4 aromatic rings. The van der Waals surface area contributed by atoms with E-state index in [-0.39, 0.29) is 17.5 Å². The minimum atomic E-state index is -0.471. The number of carbonyl (C=O) groups excluding carboxylic acids is 1. The van der Waals surface area contributed by atoms with Crippen LogP contribution in [0.3, 0.4) is 0 Å². The minimum absolute atomic E-state index is 0.109. The van der Waals surface area contributed by atoms with Gasteiger partial charge in [-0.15, -0.1) is 0 Å². The molecule has 0 radical (unpaired) electrons. The number of amides is 1. The lowest BCUT2D eigenvalue weighted by atomic mass is 10.1. The summed E-state index contributed by atoms with van der Waals surface area (Å²) in [6.07, 6.45) is 2.29. The number of ether oxygens (including phenoxy) is 2. The summed E-state index contributed by atoms with van der Waals surface area (Å²) >= 11 is 0. The lowest BCUT2D eigenvalue weighted by molar-refractivity contribution is -0.125. The van der Waals surface area contributed by atoms with Crippen molar-refractivity contribution in [3.05, 3.63) is 82.0 Å². The summed E-state index contributed by atoms with van der Waals surface area (Å²) < 4.78 is 14.7. The van der Waals surface area contributed by atoms with Gasteiger partial charge in [-0.05, 0) is 57.0 Å². The second kappa shape index (κ2) is 9.53. The lowest BCUT2D eigenvalue weighted by Crippen LogP contribution is -2.35. The highest BCUT2D eigenvalue weighted by atomic mass is 16.6. The predicted octanol–water partition coefficient (Wildman–Crippen LogP) is 4.40.